The predicted molar refractivity (Wildman–Crippen MR) is 177 cm³/mol. The van der Waals surface area contributed by atoms with Crippen LogP contribution >= 0.6 is 0 Å². The van der Waals surface area contributed by atoms with Crippen molar-refractivity contribution in [3.8, 4) is 17.1 Å². The highest BCUT2D eigenvalue weighted by Gasteiger charge is 2.43. The van der Waals surface area contributed by atoms with E-state index in [9.17, 15) is 20.1 Å². The molecule has 6 rings (SSSR count). The van der Waals surface area contributed by atoms with Gasteiger partial charge in [-0.05, 0) is 147 Å². The van der Waals surface area contributed by atoms with Gasteiger partial charge in [-0.1, -0.05) is 27.7 Å². The van der Waals surface area contributed by atoms with E-state index in [0.717, 1.165) is 79.7 Å². The second-order valence-corrected chi connectivity index (χ2v) is 14.1. The molecule has 1 aromatic heterocycles. The zero-order valence-electron chi connectivity index (χ0n) is 27.8. The Kier molecular flexibility index (Phi) is 6.95. The minimum absolute atomic E-state index is 0.0575. The van der Waals surface area contributed by atoms with E-state index in [-0.39, 0.29) is 23.6 Å². The van der Waals surface area contributed by atoms with Crippen LogP contribution < -0.4 is 0 Å². The average Bonchev–Trinajstić information content (AvgIpc) is 3.62. The highest BCUT2D eigenvalue weighted by atomic mass is 16.3. The lowest BCUT2D eigenvalue weighted by Gasteiger charge is -2.25. The van der Waals surface area contributed by atoms with Gasteiger partial charge >= 0.3 is 0 Å². The molecule has 0 radical (unpaired) electrons. The fourth-order valence-corrected chi connectivity index (χ4v) is 9.50. The molecule has 232 valence electrons. The monoisotopic (exact) mass is 594 g/mol. The van der Waals surface area contributed by atoms with Crippen LogP contribution in [-0.4, -0.2) is 31.9 Å². The van der Waals surface area contributed by atoms with Gasteiger partial charge in [-0.2, -0.15) is 0 Å². The number of fused-ring (bicyclic) bond motifs is 2. The fraction of sp³-hybridized carbons (Fsp3) is 0.474. The van der Waals surface area contributed by atoms with Gasteiger partial charge in [-0.25, -0.2) is 4.99 Å². The summed E-state index contributed by atoms with van der Waals surface area (Å²) >= 11 is 0. The molecule has 1 aliphatic heterocycles. The zero-order chi connectivity index (χ0) is 32.2. The molecule has 6 heteroatoms. The SMILES string of the molecule is CCc1c(C)c2c(c(C)c1C1=NC(=O)C(c3cc(-c4c(C)c5c(c(C)c4CC)[C@@](C)(O)C[C@H]5C)[nH]c3O)=C1)[C@@H](C)C[C@@]2(C)O. The first kappa shape index (κ1) is 30.5. The van der Waals surface area contributed by atoms with E-state index in [0.29, 0.717) is 29.7 Å². The van der Waals surface area contributed by atoms with Gasteiger partial charge in [0, 0.05) is 22.4 Å². The number of aliphatic imine (C=N–C) groups is 1. The number of aromatic nitrogens is 1. The van der Waals surface area contributed by atoms with Gasteiger partial charge in [0.2, 0.25) is 0 Å². The maximum atomic E-state index is 13.5. The Morgan fingerprint density at radius 1 is 0.841 bits per heavy atom. The third-order valence-corrected chi connectivity index (χ3v) is 10.9. The van der Waals surface area contributed by atoms with Crippen LogP contribution in [0.25, 0.3) is 16.8 Å². The summed E-state index contributed by atoms with van der Waals surface area (Å²) in [5, 5.41) is 33.8. The van der Waals surface area contributed by atoms with E-state index >= 15 is 0 Å². The molecule has 6 nitrogen and oxygen atoms in total. The lowest BCUT2D eigenvalue weighted by Crippen LogP contribution is -2.20. The number of nitrogens with one attached hydrogen (secondary N) is 1. The third-order valence-electron chi connectivity index (χ3n) is 10.9. The number of benzene rings is 2. The van der Waals surface area contributed by atoms with Crippen molar-refractivity contribution in [3.63, 3.8) is 0 Å². The number of carbonyl (C=O) groups is 1. The number of aromatic amines is 1. The Labute approximate surface area is 261 Å². The van der Waals surface area contributed by atoms with Gasteiger partial charge in [0.25, 0.3) is 5.91 Å². The van der Waals surface area contributed by atoms with Crippen LogP contribution in [0.3, 0.4) is 0 Å². The summed E-state index contributed by atoms with van der Waals surface area (Å²) in [4.78, 5) is 21.3. The summed E-state index contributed by atoms with van der Waals surface area (Å²) in [6.45, 7) is 20.7. The molecule has 3 aliphatic rings. The summed E-state index contributed by atoms with van der Waals surface area (Å²) in [6.07, 6.45) is 4.68. The summed E-state index contributed by atoms with van der Waals surface area (Å²) < 4.78 is 0. The number of amides is 1. The van der Waals surface area contributed by atoms with Crippen LogP contribution in [-0.2, 0) is 28.8 Å². The van der Waals surface area contributed by atoms with Gasteiger partial charge in [0.15, 0.2) is 5.88 Å². The second kappa shape index (κ2) is 10.0. The highest BCUT2D eigenvalue weighted by molar-refractivity contribution is 6.36. The second-order valence-electron chi connectivity index (χ2n) is 14.1. The van der Waals surface area contributed by atoms with E-state index in [2.05, 4.69) is 65.4 Å². The molecule has 4 atom stereocenters. The Bertz CT molecular complexity index is 1830. The van der Waals surface area contributed by atoms with E-state index < -0.39 is 11.2 Å². The number of H-pyrrole nitrogens is 1. The first-order valence-electron chi connectivity index (χ1n) is 16.1. The number of hydrogen-bond donors (Lipinski definition) is 4. The molecule has 0 spiro atoms. The standard InChI is InChI=1S/C38H46N2O4/c1-11-23-19(5)33-29(17(3)15-37(33,9)43)21(7)31(23)27-13-25(35(41)39-27)26-14-28(40-36(26)42)32-22(8)30-18(4)16-38(10,44)34(30)20(6)24(32)12-2/h13-14,17-18,39,41,43-44H,11-12,15-16H2,1-10H3/t17-,18+,37+,38-/m1/s1. The van der Waals surface area contributed by atoms with Gasteiger partial charge in [-0.15, -0.1) is 0 Å². The Morgan fingerprint density at radius 3 is 1.82 bits per heavy atom. The number of rotatable bonds is 5. The minimum atomic E-state index is -0.882. The molecule has 4 N–H and O–H groups in total. The van der Waals surface area contributed by atoms with Crippen molar-refractivity contribution in [1.82, 2.24) is 4.98 Å². The highest BCUT2D eigenvalue weighted by Crippen LogP contribution is 2.52. The molecular weight excluding hydrogens is 548 g/mol. The first-order valence-corrected chi connectivity index (χ1v) is 16.1. The summed E-state index contributed by atoms with van der Waals surface area (Å²) in [5.74, 6) is -0.0284. The third kappa shape index (κ3) is 4.13. The Balaban J connectivity index is 1.49. The average molecular weight is 595 g/mol. The molecule has 0 saturated heterocycles. The normalized spacial score (nSPS) is 25.9. The van der Waals surface area contributed by atoms with Crippen LogP contribution in [0.15, 0.2) is 17.1 Å². The Hall–Kier alpha value is -3.48. The van der Waals surface area contributed by atoms with Gasteiger partial charge in [0.1, 0.15) is 0 Å². The predicted octanol–water partition coefficient (Wildman–Crippen LogP) is 7.59. The molecule has 2 heterocycles. The number of allylic oxidation sites excluding steroid dienone is 1. The molecule has 2 aromatic carbocycles. The zero-order valence-corrected chi connectivity index (χ0v) is 27.8. The largest absolute Gasteiger partial charge is 0.494 e. The molecular formula is C38H46N2O4. The number of aromatic hydroxyl groups is 1. The molecule has 0 saturated carbocycles. The lowest BCUT2D eigenvalue weighted by atomic mass is 9.82. The number of aliphatic hydroxyl groups is 2. The topological polar surface area (TPSA) is 106 Å². The van der Waals surface area contributed by atoms with E-state index in [1.165, 1.54) is 5.56 Å². The lowest BCUT2D eigenvalue weighted by molar-refractivity contribution is -0.112. The van der Waals surface area contributed by atoms with Crippen LogP contribution in [0.1, 0.15) is 133 Å². The van der Waals surface area contributed by atoms with Crippen molar-refractivity contribution in [1.29, 1.82) is 0 Å². The van der Waals surface area contributed by atoms with Gasteiger partial charge in [-0.3, -0.25) is 4.79 Å². The maximum absolute atomic E-state index is 13.5. The fourth-order valence-electron chi connectivity index (χ4n) is 9.50. The molecule has 0 unspecified atom stereocenters. The smallest absolute Gasteiger partial charge is 0.278 e. The summed E-state index contributed by atoms with van der Waals surface area (Å²) in [6, 6.07) is 1.88. The van der Waals surface area contributed by atoms with Crippen molar-refractivity contribution in [3.05, 3.63) is 78.9 Å². The van der Waals surface area contributed by atoms with E-state index in [1.807, 2.05) is 26.0 Å². The van der Waals surface area contributed by atoms with Crippen LogP contribution in [0.2, 0.25) is 0 Å². The molecule has 2 aliphatic carbocycles. The van der Waals surface area contributed by atoms with E-state index in [4.69, 9.17) is 0 Å². The summed E-state index contributed by atoms with van der Waals surface area (Å²) in [5.41, 5.74) is 13.4. The van der Waals surface area contributed by atoms with Crippen LogP contribution in [0, 0.1) is 27.7 Å². The van der Waals surface area contributed by atoms with E-state index in [1.54, 1.807) is 0 Å². The first-order chi connectivity index (χ1) is 20.5. The molecule has 3 aromatic rings. The molecule has 1 amide bonds. The van der Waals surface area contributed by atoms with Crippen molar-refractivity contribution in [2.45, 2.75) is 118 Å². The molecule has 0 bridgehead atoms. The van der Waals surface area contributed by atoms with Gasteiger partial charge < -0.3 is 20.3 Å². The van der Waals surface area contributed by atoms with Crippen molar-refractivity contribution in [2.24, 2.45) is 4.99 Å². The van der Waals surface area contributed by atoms with Crippen LogP contribution in [0.5, 0.6) is 5.88 Å². The quantitative estimate of drug-likeness (QED) is 0.244. The summed E-state index contributed by atoms with van der Waals surface area (Å²) in [7, 11) is 0. The Morgan fingerprint density at radius 2 is 1.32 bits per heavy atom. The van der Waals surface area contributed by atoms with Crippen molar-refractivity contribution in [2.75, 3.05) is 0 Å². The van der Waals surface area contributed by atoms with Crippen molar-refractivity contribution >= 4 is 17.2 Å². The molecule has 44 heavy (non-hydrogen) atoms. The number of carbonyl (C=O) groups excluding carboxylic acids is 1. The van der Waals surface area contributed by atoms with Gasteiger partial charge in [0.05, 0.1) is 22.5 Å². The molecule has 0 fully saturated rings. The number of nitrogens with zero attached hydrogens (tertiary/aromatic N) is 1. The minimum Gasteiger partial charge on any atom is -0.494 e. The van der Waals surface area contributed by atoms with Crippen molar-refractivity contribution < 1.29 is 20.1 Å². The van der Waals surface area contributed by atoms with Crippen LogP contribution in [0.4, 0.5) is 0 Å². The maximum Gasteiger partial charge on any atom is 0.278 e. The number of hydrogen-bond acceptors (Lipinski definition) is 4.